The number of rotatable bonds is 5. The molecule has 0 saturated heterocycles. The quantitative estimate of drug-likeness (QED) is 0.587. The highest BCUT2D eigenvalue weighted by molar-refractivity contribution is 5.78. The topological polar surface area (TPSA) is 88.1 Å². The highest BCUT2D eigenvalue weighted by atomic mass is 16.5. The van der Waals surface area contributed by atoms with Gasteiger partial charge >= 0.3 is 11.7 Å². The Morgan fingerprint density at radius 1 is 1.32 bits per heavy atom. The molecular weight excluding hydrogens is 288 g/mol. The number of hydrogen-bond donors (Lipinski definition) is 0. The predicted octanol–water partition coefficient (Wildman–Crippen LogP) is 0.338. The van der Waals surface area contributed by atoms with Gasteiger partial charge in [0.15, 0.2) is 11.2 Å². The van der Waals surface area contributed by atoms with Crippen LogP contribution in [-0.2, 0) is 23.6 Å². The second-order valence-corrected chi connectivity index (χ2v) is 5.23. The summed E-state index contributed by atoms with van der Waals surface area (Å²) in [6.07, 6.45) is 3.11. The van der Waals surface area contributed by atoms with Crippen molar-refractivity contribution in [3.8, 4) is 0 Å². The lowest BCUT2D eigenvalue weighted by molar-refractivity contribution is -0.147. The lowest BCUT2D eigenvalue weighted by Crippen LogP contribution is -2.38. The molecule has 0 spiro atoms. The van der Waals surface area contributed by atoms with Gasteiger partial charge in [0.25, 0.3) is 5.56 Å². The Bertz CT molecular complexity index is 815. The van der Waals surface area contributed by atoms with Crippen LogP contribution >= 0.6 is 0 Å². The molecule has 0 bridgehead atoms. The van der Waals surface area contributed by atoms with Gasteiger partial charge in [-0.2, -0.15) is 0 Å². The van der Waals surface area contributed by atoms with Crippen molar-refractivity contribution >= 4 is 17.1 Å². The molecule has 8 nitrogen and oxygen atoms in total. The SMILES string of the molecule is CCCCOC(=O)C(C)n1cnc2c1c(=O)n(C)c(=O)n2C. The van der Waals surface area contributed by atoms with Crippen molar-refractivity contribution in [2.75, 3.05) is 6.61 Å². The van der Waals surface area contributed by atoms with Crippen LogP contribution in [-0.4, -0.2) is 31.3 Å². The van der Waals surface area contributed by atoms with E-state index in [2.05, 4.69) is 4.98 Å². The van der Waals surface area contributed by atoms with E-state index in [0.29, 0.717) is 6.61 Å². The molecule has 120 valence electrons. The van der Waals surface area contributed by atoms with E-state index in [9.17, 15) is 14.4 Å². The number of carbonyl (C=O) groups is 1. The minimum absolute atomic E-state index is 0.213. The Kier molecular flexibility index (Phi) is 4.48. The fraction of sp³-hybridized carbons (Fsp3) is 0.571. The number of fused-ring (bicyclic) bond motifs is 1. The van der Waals surface area contributed by atoms with Crippen molar-refractivity contribution in [1.82, 2.24) is 18.7 Å². The molecule has 8 heteroatoms. The Balaban J connectivity index is 2.47. The first-order valence-electron chi connectivity index (χ1n) is 7.19. The molecule has 0 aliphatic rings. The van der Waals surface area contributed by atoms with Crippen molar-refractivity contribution in [3.63, 3.8) is 0 Å². The summed E-state index contributed by atoms with van der Waals surface area (Å²) in [4.78, 5) is 40.3. The zero-order valence-corrected chi connectivity index (χ0v) is 13.2. The molecule has 2 heterocycles. The predicted molar refractivity (Wildman–Crippen MR) is 80.8 cm³/mol. The van der Waals surface area contributed by atoms with E-state index in [-0.39, 0.29) is 11.2 Å². The second-order valence-electron chi connectivity index (χ2n) is 5.23. The van der Waals surface area contributed by atoms with Gasteiger partial charge in [-0.3, -0.25) is 13.9 Å². The molecular formula is C14H20N4O4. The summed E-state index contributed by atoms with van der Waals surface area (Å²) in [6.45, 7) is 3.99. The van der Waals surface area contributed by atoms with Crippen LogP contribution in [0, 0.1) is 0 Å². The average Bonchev–Trinajstić information content (AvgIpc) is 2.95. The van der Waals surface area contributed by atoms with E-state index in [0.717, 1.165) is 17.4 Å². The molecule has 0 aromatic carbocycles. The number of esters is 1. The first-order valence-corrected chi connectivity index (χ1v) is 7.19. The Labute approximate surface area is 126 Å². The van der Waals surface area contributed by atoms with E-state index in [1.807, 2.05) is 6.92 Å². The molecule has 22 heavy (non-hydrogen) atoms. The van der Waals surface area contributed by atoms with E-state index >= 15 is 0 Å². The number of ether oxygens (including phenoxy) is 1. The fourth-order valence-corrected chi connectivity index (χ4v) is 2.21. The molecule has 0 N–H and O–H groups in total. The van der Waals surface area contributed by atoms with E-state index in [1.165, 1.54) is 29.6 Å². The van der Waals surface area contributed by atoms with Crippen LogP contribution < -0.4 is 11.2 Å². The largest absolute Gasteiger partial charge is 0.464 e. The lowest BCUT2D eigenvalue weighted by atomic mass is 10.3. The van der Waals surface area contributed by atoms with Crippen molar-refractivity contribution < 1.29 is 9.53 Å². The number of aryl methyl sites for hydroxylation is 1. The van der Waals surface area contributed by atoms with E-state index < -0.39 is 23.3 Å². The van der Waals surface area contributed by atoms with Crippen LogP contribution in [0.5, 0.6) is 0 Å². The van der Waals surface area contributed by atoms with Gasteiger partial charge < -0.3 is 9.30 Å². The summed E-state index contributed by atoms with van der Waals surface area (Å²) in [7, 11) is 2.93. The third kappa shape index (κ3) is 2.56. The standard InChI is InChI=1S/C14H20N4O4/c1-5-6-7-22-13(20)9(2)18-8-15-11-10(18)12(19)17(4)14(21)16(11)3/h8-9H,5-7H2,1-4H3. The van der Waals surface area contributed by atoms with E-state index in [4.69, 9.17) is 4.74 Å². The monoisotopic (exact) mass is 308 g/mol. The van der Waals surface area contributed by atoms with Crippen LogP contribution in [0.2, 0.25) is 0 Å². The number of hydrogen-bond acceptors (Lipinski definition) is 5. The number of aromatic nitrogens is 4. The van der Waals surface area contributed by atoms with Crippen LogP contribution in [0.25, 0.3) is 11.2 Å². The average molecular weight is 308 g/mol. The maximum absolute atomic E-state index is 12.3. The molecule has 0 aliphatic carbocycles. The molecule has 0 radical (unpaired) electrons. The summed E-state index contributed by atoms with van der Waals surface area (Å²) in [5, 5.41) is 0. The molecule has 0 saturated carbocycles. The van der Waals surface area contributed by atoms with Crippen molar-refractivity contribution in [3.05, 3.63) is 27.2 Å². The zero-order chi connectivity index (χ0) is 16.4. The van der Waals surface area contributed by atoms with Gasteiger partial charge in [-0.05, 0) is 13.3 Å². The van der Waals surface area contributed by atoms with Crippen LogP contribution in [0.4, 0.5) is 0 Å². The van der Waals surface area contributed by atoms with Crippen LogP contribution in [0.1, 0.15) is 32.7 Å². The van der Waals surface area contributed by atoms with Crippen molar-refractivity contribution in [2.24, 2.45) is 14.1 Å². The third-order valence-electron chi connectivity index (χ3n) is 3.67. The Hall–Kier alpha value is -2.38. The maximum atomic E-state index is 12.3. The lowest BCUT2D eigenvalue weighted by Gasteiger charge is -2.13. The third-order valence-corrected chi connectivity index (χ3v) is 3.67. The van der Waals surface area contributed by atoms with Gasteiger partial charge in [-0.15, -0.1) is 0 Å². The van der Waals surface area contributed by atoms with Crippen LogP contribution in [0.15, 0.2) is 15.9 Å². The molecule has 1 unspecified atom stereocenters. The molecule has 2 rings (SSSR count). The minimum atomic E-state index is -0.688. The number of carbonyl (C=O) groups excluding carboxylic acids is 1. The van der Waals surface area contributed by atoms with Gasteiger partial charge in [0, 0.05) is 14.1 Å². The van der Waals surface area contributed by atoms with Gasteiger partial charge in [-0.1, -0.05) is 13.3 Å². The molecule has 2 aromatic rings. The summed E-state index contributed by atoms with van der Waals surface area (Å²) < 4.78 is 8.90. The van der Waals surface area contributed by atoms with Gasteiger partial charge in [0.1, 0.15) is 6.04 Å². The van der Waals surface area contributed by atoms with E-state index in [1.54, 1.807) is 6.92 Å². The van der Waals surface area contributed by atoms with Gasteiger partial charge in [-0.25, -0.2) is 14.6 Å². The summed E-state index contributed by atoms with van der Waals surface area (Å²) in [5.41, 5.74) is -0.476. The minimum Gasteiger partial charge on any atom is -0.464 e. The smallest absolute Gasteiger partial charge is 0.332 e. The zero-order valence-electron chi connectivity index (χ0n) is 13.2. The summed E-state index contributed by atoms with van der Waals surface area (Å²) in [6, 6.07) is -0.688. The molecule has 2 aromatic heterocycles. The Morgan fingerprint density at radius 3 is 2.64 bits per heavy atom. The van der Waals surface area contributed by atoms with Gasteiger partial charge in [0.05, 0.1) is 12.9 Å². The first-order chi connectivity index (χ1) is 10.4. The Morgan fingerprint density at radius 2 is 2.00 bits per heavy atom. The summed E-state index contributed by atoms with van der Waals surface area (Å²) >= 11 is 0. The van der Waals surface area contributed by atoms with Crippen molar-refractivity contribution in [2.45, 2.75) is 32.7 Å². The molecule has 0 aliphatic heterocycles. The van der Waals surface area contributed by atoms with Gasteiger partial charge in [0.2, 0.25) is 0 Å². The van der Waals surface area contributed by atoms with Crippen molar-refractivity contribution in [1.29, 1.82) is 0 Å². The maximum Gasteiger partial charge on any atom is 0.332 e. The molecule has 1 atom stereocenters. The highest BCUT2D eigenvalue weighted by Crippen LogP contribution is 2.14. The van der Waals surface area contributed by atoms with Crippen LogP contribution in [0.3, 0.4) is 0 Å². The number of imidazole rings is 1. The fourth-order valence-electron chi connectivity index (χ4n) is 2.21. The number of unbranched alkanes of at least 4 members (excludes halogenated alkanes) is 1. The number of nitrogens with zero attached hydrogens (tertiary/aromatic N) is 4. The highest BCUT2D eigenvalue weighted by Gasteiger charge is 2.22. The first kappa shape index (κ1) is 16.0. The second kappa shape index (κ2) is 6.17. The normalized spacial score (nSPS) is 12.5. The molecule has 0 fully saturated rings. The summed E-state index contributed by atoms with van der Waals surface area (Å²) in [5.74, 6) is -0.427. The molecule has 0 amide bonds.